The predicted octanol–water partition coefficient (Wildman–Crippen LogP) is 6.40. The van der Waals surface area contributed by atoms with Gasteiger partial charge in [0.15, 0.2) is 0 Å². The maximum atomic E-state index is 13.6. The first-order valence-electron chi connectivity index (χ1n) is 6.33. The summed E-state index contributed by atoms with van der Waals surface area (Å²) in [5.41, 5.74) is 1.88. The molecule has 0 spiro atoms. The lowest BCUT2D eigenvalue weighted by atomic mass is 9.79. The quantitative estimate of drug-likeness (QED) is 0.458. The molecular formula is C16H13Br2Cl2F. The molecule has 112 valence electrons. The molecule has 0 N–H and O–H groups in total. The highest BCUT2D eigenvalue weighted by molar-refractivity contribution is 9.09. The predicted molar refractivity (Wildman–Crippen MR) is 95.8 cm³/mol. The molecule has 0 aromatic heterocycles. The molecule has 0 aliphatic carbocycles. The molecule has 0 aliphatic rings. The Morgan fingerprint density at radius 2 is 1.57 bits per heavy atom. The van der Waals surface area contributed by atoms with Crippen LogP contribution in [-0.4, -0.2) is 10.7 Å². The topological polar surface area (TPSA) is 0 Å². The lowest BCUT2D eigenvalue weighted by molar-refractivity contribution is 0.547. The Balaban J connectivity index is 2.37. The van der Waals surface area contributed by atoms with Gasteiger partial charge in [0.2, 0.25) is 0 Å². The summed E-state index contributed by atoms with van der Waals surface area (Å²) in [6.07, 6.45) is 0.694. The van der Waals surface area contributed by atoms with Gasteiger partial charge >= 0.3 is 0 Å². The van der Waals surface area contributed by atoms with Crippen molar-refractivity contribution in [1.29, 1.82) is 0 Å². The third kappa shape index (κ3) is 4.01. The third-order valence-electron chi connectivity index (χ3n) is 3.49. The molecule has 2 rings (SSSR count). The summed E-state index contributed by atoms with van der Waals surface area (Å²) >= 11 is 18.9. The Labute approximate surface area is 150 Å². The van der Waals surface area contributed by atoms with Crippen LogP contribution in [0.25, 0.3) is 0 Å². The van der Waals surface area contributed by atoms with Gasteiger partial charge in [0.1, 0.15) is 5.82 Å². The van der Waals surface area contributed by atoms with Crippen molar-refractivity contribution in [1.82, 2.24) is 0 Å². The van der Waals surface area contributed by atoms with E-state index in [-0.39, 0.29) is 16.3 Å². The highest BCUT2D eigenvalue weighted by Crippen LogP contribution is 2.34. The van der Waals surface area contributed by atoms with E-state index in [9.17, 15) is 4.39 Å². The maximum Gasteiger partial charge on any atom is 0.142 e. The number of alkyl halides is 2. The largest absolute Gasteiger partial charge is 0.205 e. The number of hydrogen-bond acceptors (Lipinski definition) is 0. The molecule has 0 heterocycles. The fourth-order valence-corrected chi connectivity index (χ4v) is 4.45. The van der Waals surface area contributed by atoms with E-state index >= 15 is 0 Å². The van der Waals surface area contributed by atoms with Crippen molar-refractivity contribution >= 4 is 55.1 Å². The second-order valence-corrected chi connectivity index (χ2v) is 6.94. The van der Waals surface area contributed by atoms with Crippen LogP contribution in [0.1, 0.15) is 11.1 Å². The molecule has 5 heteroatoms. The molecule has 0 radical (unpaired) electrons. The highest BCUT2D eigenvalue weighted by Gasteiger charge is 2.30. The van der Waals surface area contributed by atoms with E-state index < -0.39 is 0 Å². The van der Waals surface area contributed by atoms with Crippen molar-refractivity contribution in [2.24, 2.45) is 0 Å². The van der Waals surface area contributed by atoms with Gasteiger partial charge in [0, 0.05) is 21.1 Å². The number of rotatable bonds is 5. The molecule has 0 amide bonds. The monoisotopic (exact) mass is 452 g/mol. The molecule has 0 nitrogen and oxygen atoms in total. The van der Waals surface area contributed by atoms with E-state index in [1.54, 1.807) is 6.07 Å². The van der Waals surface area contributed by atoms with Crippen molar-refractivity contribution < 1.29 is 4.39 Å². The van der Waals surface area contributed by atoms with E-state index in [0.29, 0.717) is 11.4 Å². The molecule has 0 fully saturated rings. The zero-order chi connectivity index (χ0) is 15.5. The van der Waals surface area contributed by atoms with E-state index in [1.807, 2.05) is 30.3 Å². The van der Waals surface area contributed by atoms with Crippen molar-refractivity contribution in [2.45, 2.75) is 11.8 Å². The Morgan fingerprint density at radius 1 is 0.952 bits per heavy atom. The molecule has 2 aromatic rings. The van der Waals surface area contributed by atoms with E-state index in [4.69, 9.17) is 23.2 Å². The molecule has 0 saturated heterocycles. The van der Waals surface area contributed by atoms with Gasteiger partial charge in [0.05, 0.1) is 5.02 Å². The molecular weight excluding hydrogens is 442 g/mol. The smallest absolute Gasteiger partial charge is 0.142 e. The Morgan fingerprint density at radius 3 is 2.10 bits per heavy atom. The lowest BCUT2D eigenvalue weighted by Gasteiger charge is -2.31. The van der Waals surface area contributed by atoms with Crippen LogP contribution in [0.15, 0.2) is 42.5 Å². The molecule has 2 aromatic carbocycles. The molecule has 21 heavy (non-hydrogen) atoms. The van der Waals surface area contributed by atoms with Gasteiger partial charge < -0.3 is 0 Å². The minimum atomic E-state index is -0.386. The Kier molecular flexibility index (Phi) is 6.13. The summed E-state index contributed by atoms with van der Waals surface area (Å²) < 4.78 is 13.6. The first kappa shape index (κ1) is 17.3. The van der Waals surface area contributed by atoms with Crippen LogP contribution in [0.3, 0.4) is 0 Å². The lowest BCUT2D eigenvalue weighted by Crippen LogP contribution is -2.33. The summed E-state index contributed by atoms with van der Waals surface area (Å²) in [5, 5.41) is 2.34. The first-order valence-corrected chi connectivity index (χ1v) is 9.32. The van der Waals surface area contributed by atoms with Crippen molar-refractivity contribution in [3.05, 3.63) is 69.5 Å². The normalized spacial score (nSPS) is 11.7. The van der Waals surface area contributed by atoms with Crippen LogP contribution in [0, 0.1) is 5.82 Å². The first-order chi connectivity index (χ1) is 10.0. The zero-order valence-electron chi connectivity index (χ0n) is 11.1. The van der Waals surface area contributed by atoms with Crippen LogP contribution in [0.2, 0.25) is 10.0 Å². The average Bonchev–Trinajstić information content (AvgIpc) is 2.49. The SMILES string of the molecule is Fc1cc(CC(CBr)(CBr)c2ccc(Cl)cc2)ccc1Cl. The van der Waals surface area contributed by atoms with Crippen LogP contribution < -0.4 is 0 Å². The minimum Gasteiger partial charge on any atom is -0.205 e. The van der Waals surface area contributed by atoms with Gasteiger partial charge in [0.25, 0.3) is 0 Å². The van der Waals surface area contributed by atoms with Crippen LogP contribution in [-0.2, 0) is 11.8 Å². The summed E-state index contributed by atoms with van der Waals surface area (Å²) in [6.45, 7) is 0. The van der Waals surface area contributed by atoms with E-state index in [1.165, 1.54) is 6.07 Å². The van der Waals surface area contributed by atoms with E-state index in [0.717, 1.165) is 21.8 Å². The van der Waals surface area contributed by atoms with Gasteiger partial charge in [-0.3, -0.25) is 0 Å². The fourth-order valence-electron chi connectivity index (χ4n) is 2.23. The van der Waals surface area contributed by atoms with Crippen LogP contribution >= 0.6 is 55.1 Å². The van der Waals surface area contributed by atoms with Gasteiger partial charge in [-0.05, 0) is 41.8 Å². The van der Waals surface area contributed by atoms with Gasteiger partial charge in [-0.2, -0.15) is 0 Å². The summed E-state index contributed by atoms with van der Waals surface area (Å²) in [4.78, 5) is 0. The molecule has 0 aliphatic heterocycles. The second-order valence-electron chi connectivity index (χ2n) is 4.98. The molecule has 0 bridgehead atoms. The average molecular weight is 455 g/mol. The third-order valence-corrected chi connectivity index (χ3v) is 6.20. The Hall–Kier alpha value is -0.0900. The number of hydrogen-bond donors (Lipinski definition) is 0. The second kappa shape index (κ2) is 7.45. The Bertz CT molecular complexity index is 610. The maximum absolute atomic E-state index is 13.6. The summed E-state index contributed by atoms with van der Waals surface area (Å²) in [5.74, 6) is -0.386. The number of halogens is 5. The van der Waals surface area contributed by atoms with Crippen LogP contribution in [0.5, 0.6) is 0 Å². The zero-order valence-corrected chi connectivity index (χ0v) is 15.7. The molecule has 0 unspecified atom stereocenters. The van der Waals surface area contributed by atoms with Crippen molar-refractivity contribution in [3.8, 4) is 0 Å². The minimum absolute atomic E-state index is 0.147. The molecule has 0 saturated carbocycles. The van der Waals surface area contributed by atoms with E-state index in [2.05, 4.69) is 31.9 Å². The summed E-state index contributed by atoms with van der Waals surface area (Å²) in [6, 6.07) is 12.7. The molecule has 0 atom stereocenters. The van der Waals surface area contributed by atoms with Gasteiger partial charge in [-0.15, -0.1) is 0 Å². The standard InChI is InChI=1S/C16H13Br2Cl2F/c17-9-16(10-18,12-2-4-13(19)5-3-12)8-11-1-6-14(20)15(21)7-11/h1-7H,8-10H2. The van der Waals surface area contributed by atoms with Gasteiger partial charge in [-0.25, -0.2) is 4.39 Å². The summed E-state index contributed by atoms with van der Waals surface area (Å²) in [7, 11) is 0. The highest BCUT2D eigenvalue weighted by atomic mass is 79.9. The van der Waals surface area contributed by atoms with Gasteiger partial charge in [-0.1, -0.05) is 73.3 Å². The van der Waals surface area contributed by atoms with Crippen LogP contribution in [0.4, 0.5) is 4.39 Å². The fraction of sp³-hybridized carbons (Fsp3) is 0.250. The van der Waals surface area contributed by atoms with Crippen molar-refractivity contribution in [2.75, 3.05) is 10.7 Å². The van der Waals surface area contributed by atoms with Crippen molar-refractivity contribution in [3.63, 3.8) is 0 Å². The number of benzene rings is 2.